The minimum absolute atomic E-state index is 0.221. The number of carbonyl (C=O) groups excluding carboxylic acids is 1. The molecule has 3 aromatic rings. The molecule has 0 fully saturated rings. The number of pyridine rings is 1. The van der Waals surface area contributed by atoms with Crippen molar-refractivity contribution in [2.45, 2.75) is 38.8 Å². The van der Waals surface area contributed by atoms with Crippen LogP contribution in [0.3, 0.4) is 0 Å². The Morgan fingerprint density at radius 1 is 1.08 bits per heavy atom. The number of rotatable bonds is 7. The molecule has 0 atom stereocenters. The van der Waals surface area contributed by atoms with Gasteiger partial charge >= 0.3 is 0 Å². The second kappa shape index (κ2) is 8.27. The van der Waals surface area contributed by atoms with Crippen LogP contribution in [0.1, 0.15) is 30.9 Å². The van der Waals surface area contributed by atoms with E-state index < -0.39 is 0 Å². The highest BCUT2D eigenvalue weighted by atomic mass is 32.2. The molecule has 26 heavy (non-hydrogen) atoms. The van der Waals surface area contributed by atoms with Gasteiger partial charge < -0.3 is 4.79 Å². The highest BCUT2D eigenvalue weighted by Crippen LogP contribution is 2.29. The molecule has 0 unspecified atom stereocenters. The first-order valence-corrected chi connectivity index (χ1v) is 9.60. The normalized spacial score (nSPS) is 10.9. The molecule has 0 saturated heterocycles. The van der Waals surface area contributed by atoms with E-state index in [2.05, 4.69) is 51.8 Å². The fourth-order valence-corrected chi connectivity index (χ4v) is 3.52. The second-order valence-corrected chi connectivity index (χ2v) is 7.36. The van der Waals surface area contributed by atoms with E-state index in [1.165, 1.54) is 11.1 Å². The van der Waals surface area contributed by atoms with Crippen molar-refractivity contribution in [3.63, 3.8) is 0 Å². The van der Waals surface area contributed by atoms with Gasteiger partial charge in [0.05, 0.1) is 5.69 Å². The molecule has 0 amide bonds. The number of benzene rings is 1. The molecular formula is C20H22N4OS. The van der Waals surface area contributed by atoms with Crippen molar-refractivity contribution >= 4 is 17.5 Å². The maximum Gasteiger partial charge on any atom is 0.196 e. The molecule has 6 heteroatoms. The Hall–Kier alpha value is -2.47. The van der Waals surface area contributed by atoms with Gasteiger partial charge in [0, 0.05) is 30.1 Å². The van der Waals surface area contributed by atoms with E-state index in [0.29, 0.717) is 6.42 Å². The van der Waals surface area contributed by atoms with Crippen LogP contribution >= 0.6 is 11.8 Å². The molecule has 2 aromatic heterocycles. The Balaban J connectivity index is 1.98. The molecule has 0 radical (unpaired) electrons. The van der Waals surface area contributed by atoms with Crippen molar-refractivity contribution in [1.29, 1.82) is 0 Å². The molecule has 0 bridgehead atoms. The average Bonchev–Trinajstić information content (AvgIpc) is 3.05. The number of ketones is 1. The summed E-state index contributed by atoms with van der Waals surface area (Å²) in [5.41, 5.74) is 4.49. The van der Waals surface area contributed by atoms with Crippen LogP contribution in [0.4, 0.5) is 0 Å². The summed E-state index contributed by atoms with van der Waals surface area (Å²) >= 11 is 1.63. The molecule has 1 aromatic carbocycles. The summed E-state index contributed by atoms with van der Waals surface area (Å²) in [7, 11) is 0. The molecule has 0 saturated carbocycles. The largest absolute Gasteiger partial charge is 0.300 e. The first-order valence-electron chi connectivity index (χ1n) is 8.62. The van der Waals surface area contributed by atoms with Gasteiger partial charge in [0.25, 0.3) is 0 Å². The van der Waals surface area contributed by atoms with Gasteiger partial charge in [0.15, 0.2) is 11.0 Å². The van der Waals surface area contributed by atoms with Crippen LogP contribution in [0.2, 0.25) is 0 Å². The van der Waals surface area contributed by atoms with E-state index >= 15 is 0 Å². The van der Waals surface area contributed by atoms with Crippen LogP contribution in [-0.4, -0.2) is 31.3 Å². The topological polar surface area (TPSA) is 60.7 Å². The Morgan fingerprint density at radius 2 is 1.85 bits per heavy atom. The summed E-state index contributed by atoms with van der Waals surface area (Å²) in [4.78, 5) is 15.2. The van der Waals surface area contributed by atoms with Gasteiger partial charge in [-0.25, -0.2) is 0 Å². The summed E-state index contributed by atoms with van der Waals surface area (Å²) in [5.74, 6) is 1.85. The number of Topliss-reactive ketones (excluding diaryl/α,β-unsaturated/α-hetero) is 1. The van der Waals surface area contributed by atoms with Crippen LogP contribution < -0.4 is 0 Å². The van der Waals surface area contributed by atoms with Crippen molar-refractivity contribution in [2.75, 3.05) is 5.75 Å². The molecule has 0 aliphatic heterocycles. The lowest BCUT2D eigenvalue weighted by Gasteiger charge is -2.12. The molecule has 134 valence electrons. The molecule has 3 rings (SSSR count). The van der Waals surface area contributed by atoms with Crippen LogP contribution in [0.25, 0.3) is 17.1 Å². The van der Waals surface area contributed by atoms with Gasteiger partial charge in [0.1, 0.15) is 5.78 Å². The highest BCUT2D eigenvalue weighted by molar-refractivity contribution is 7.99. The SMILES string of the molecule is CC(=O)CCCSc1nnc(-c2ccncc2)n1-c1ccc(C)c(C)c1. The highest BCUT2D eigenvalue weighted by Gasteiger charge is 2.16. The number of thioether (sulfide) groups is 1. The average molecular weight is 366 g/mol. The Labute approximate surface area is 157 Å². The van der Waals surface area contributed by atoms with Crippen LogP contribution in [0, 0.1) is 13.8 Å². The number of carbonyl (C=O) groups is 1. The smallest absolute Gasteiger partial charge is 0.196 e. The Morgan fingerprint density at radius 3 is 2.54 bits per heavy atom. The van der Waals surface area contributed by atoms with Gasteiger partial charge in [-0.15, -0.1) is 10.2 Å². The quantitative estimate of drug-likeness (QED) is 0.458. The Kier molecular flexibility index (Phi) is 5.83. The fraction of sp³-hybridized carbons (Fsp3) is 0.300. The van der Waals surface area contributed by atoms with Crippen LogP contribution in [0.5, 0.6) is 0 Å². The van der Waals surface area contributed by atoms with Crippen molar-refractivity contribution in [3.05, 3.63) is 53.9 Å². The molecule has 0 N–H and O–H groups in total. The van der Waals surface area contributed by atoms with E-state index in [9.17, 15) is 4.79 Å². The predicted octanol–water partition coefficient (Wildman–Crippen LogP) is 4.41. The van der Waals surface area contributed by atoms with E-state index in [1.807, 2.05) is 12.1 Å². The van der Waals surface area contributed by atoms with Crippen molar-refractivity contribution in [1.82, 2.24) is 19.7 Å². The summed E-state index contributed by atoms with van der Waals surface area (Å²) in [6, 6.07) is 10.2. The molecule has 0 aliphatic carbocycles. The van der Waals surface area contributed by atoms with Gasteiger partial charge in [-0.05, 0) is 62.6 Å². The standard InChI is InChI=1S/C20H22N4OS/c1-14-6-7-18(13-15(14)2)24-19(17-8-10-21-11-9-17)22-23-20(24)26-12-4-5-16(3)25/h6-11,13H,4-5,12H2,1-3H3. The summed E-state index contributed by atoms with van der Waals surface area (Å²) < 4.78 is 2.08. The number of nitrogens with zero attached hydrogens (tertiary/aromatic N) is 4. The van der Waals surface area contributed by atoms with Gasteiger partial charge in [-0.3, -0.25) is 9.55 Å². The molecule has 0 spiro atoms. The van der Waals surface area contributed by atoms with Gasteiger partial charge in [0.2, 0.25) is 0 Å². The van der Waals surface area contributed by atoms with E-state index in [1.54, 1.807) is 31.1 Å². The number of hydrogen-bond acceptors (Lipinski definition) is 5. The van der Waals surface area contributed by atoms with Gasteiger partial charge in [-0.2, -0.15) is 0 Å². The summed E-state index contributed by atoms with van der Waals surface area (Å²) in [6.45, 7) is 5.84. The molecule has 0 aliphatic rings. The van der Waals surface area contributed by atoms with Gasteiger partial charge in [-0.1, -0.05) is 17.8 Å². The first kappa shape index (κ1) is 18.3. The monoisotopic (exact) mass is 366 g/mol. The third kappa shape index (κ3) is 4.19. The van der Waals surface area contributed by atoms with Crippen LogP contribution in [0.15, 0.2) is 47.9 Å². The number of aromatic nitrogens is 4. The first-order chi connectivity index (χ1) is 12.6. The zero-order valence-electron chi connectivity index (χ0n) is 15.3. The van der Waals surface area contributed by atoms with Crippen molar-refractivity contribution in [3.8, 4) is 17.1 Å². The lowest BCUT2D eigenvalue weighted by atomic mass is 10.1. The summed E-state index contributed by atoms with van der Waals surface area (Å²) in [5, 5.41) is 9.67. The molecule has 5 nitrogen and oxygen atoms in total. The summed E-state index contributed by atoms with van der Waals surface area (Å²) in [6.07, 6.45) is 4.95. The minimum Gasteiger partial charge on any atom is -0.300 e. The third-order valence-corrected chi connectivity index (χ3v) is 5.24. The lowest BCUT2D eigenvalue weighted by molar-refractivity contribution is -0.117. The lowest BCUT2D eigenvalue weighted by Crippen LogP contribution is -2.01. The third-order valence-electron chi connectivity index (χ3n) is 4.22. The predicted molar refractivity (Wildman–Crippen MR) is 105 cm³/mol. The Bertz CT molecular complexity index is 905. The molecule has 2 heterocycles. The zero-order chi connectivity index (χ0) is 18.5. The second-order valence-electron chi connectivity index (χ2n) is 6.30. The van der Waals surface area contributed by atoms with Crippen molar-refractivity contribution in [2.24, 2.45) is 0 Å². The van der Waals surface area contributed by atoms with E-state index in [-0.39, 0.29) is 5.78 Å². The zero-order valence-corrected chi connectivity index (χ0v) is 16.1. The molecular weight excluding hydrogens is 344 g/mol. The maximum atomic E-state index is 11.2. The minimum atomic E-state index is 0.221. The van der Waals surface area contributed by atoms with Crippen molar-refractivity contribution < 1.29 is 4.79 Å². The van der Waals surface area contributed by atoms with Crippen LogP contribution in [-0.2, 0) is 4.79 Å². The van der Waals surface area contributed by atoms with E-state index in [0.717, 1.165) is 34.4 Å². The maximum absolute atomic E-state index is 11.2. The van der Waals surface area contributed by atoms with E-state index in [4.69, 9.17) is 0 Å². The number of aryl methyl sites for hydroxylation is 2. The fourth-order valence-electron chi connectivity index (χ4n) is 2.63. The number of hydrogen-bond donors (Lipinski definition) is 0.